The maximum Gasteiger partial charge on any atom is 0.268 e. The van der Waals surface area contributed by atoms with Gasteiger partial charge < -0.3 is 28.8 Å². The van der Waals surface area contributed by atoms with Crippen LogP contribution in [0.1, 0.15) is 129 Å². The zero-order valence-corrected chi connectivity index (χ0v) is 34.4. The molecule has 3 atom stereocenters. The number of nitrogens with one attached hydrogen (secondary N) is 1. The van der Waals surface area contributed by atoms with Gasteiger partial charge in [-0.2, -0.15) is 0 Å². The molecule has 1 amide bonds. The average Bonchev–Trinajstić information content (AvgIpc) is 3.09. The summed E-state index contributed by atoms with van der Waals surface area (Å²) in [7, 11) is 1.26. The Morgan fingerprint density at radius 3 is 1.67 bits per heavy atom. The molecule has 52 heavy (non-hydrogen) atoms. The maximum absolute atomic E-state index is 12.7. The number of aliphatic hydroxyl groups excluding tert-OH is 1. The number of nitrogens with zero attached hydrogens (tertiary/aromatic N) is 1. The van der Waals surface area contributed by atoms with Crippen molar-refractivity contribution < 1.29 is 32.9 Å². The molecule has 298 valence electrons. The van der Waals surface area contributed by atoms with Crippen LogP contribution in [0.2, 0.25) is 0 Å². The minimum absolute atomic E-state index is 0.00101. The monoisotopic (exact) mass is 747 g/mol. The van der Waals surface area contributed by atoms with E-state index in [1.165, 1.54) is 0 Å². The summed E-state index contributed by atoms with van der Waals surface area (Å²) < 4.78 is 23.0. The molecule has 8 nitrogen and oxygen atoms in total. The molecule has 3 unspecified atom stereocenters. The van der Waals surface area contributed by atoms with Gasteiger partial charge in [-0.15, -0.1) is 0 Å². The first-order valence-electron chi connectivity index (χ1n) is 19.9. The zero-order valence-electron chi connectivity index (χ0n) is 33.5. The summed E-state index contributed by atoms with van der Waals surface area (Å²) >= 11 is 0. The Morgan fingerprint density at radius 1 is 0.692 bits per heavy atom. The van der Waals surface area contributed by atoms with Crippen molar-refractivity contribution in [2.45, 2.75) is 142 Å². The third-order valence-corrected chi connectivity index (χ3v) is 9.11. The number of hydrogen-bond acceptors (Lipinski definition) is 6. The molecular formula is C43H75N2O6P. The molecule has 0 aliphatic carbocycles. The molecular weight excluding hydrogens is 671 g/mol. The van der Waals surface area contributed by atoms with Gasteiger partial charge in [0.25, 0.3) is 7.82 Å². The van der Waals surface area contributed by atoms with Crippen molar-refractivity contribution in [3.05, 3.63) is 85.1 Å². The van der Waals surface area contributed by atoms with Gasteiger partial charge in [0.15, 0.2) is 0 Å². The number of quaternary nitrogens is 1. The summed E-state index contributed by atoms with van der Waals surface area (Å²) in [5.74, 6) is -0.210. The highest BCUT2D eigenvalue weighted by atomic mass is 31.2. The lowest BCUT2D eigenvalue weighted by Crippen LogP contribution is -2.46. The van der Waals surface area contributed by atoms with E-state index in [2.05, 4.69) is 104 Å². The first kappa shape index (κ1) is 49.7. The van der Waals surface area contributed by atoms with Gasteiger partial charge in [0.1, 0.15) is 13.2 Å². The summed E-state index contributed by atoms with van der Waals surface area (Å²) in [5.41, 5.74) is 0. The smallest absolute Gasteiger partial charge is 0.268 e. The number of hydrogen-bond donors (Lipinski definition) is 2. The van der Waals surface area contributed by atoms with Crippen LogP contribution in [0.4, 0.5) is 0 Å². The highest BCUT2D eigenvalue weighted by molar-refractivity contribution is 7.45. The highest BCUT2D eigenvalue weighted by Gasteiger charge is 2.24. The Labute approximate surface area is 318 Å². The number of rotatable bonds is 34. The molecule has 9 heteroatoms. The molecule has 0 aliphatic rings. The SMILES string of the molecule is CC/C=C\C/C=C\C/C=C\C/C=C\C/C=C\C/C=C\C/C=C\CCCCCC(=O)NC(COP(=O)([O-])OCC[N+](C)(C)C)C(O)CCCCCCC. The number of phosphoric acid groups is 1. The van der Waals surface area contributed by atoms with Gasteiger partial charge in [0.05, 0.1) is 39.9 Å². The minimum Gasteiger partial charge on any atom is -0.756 e. The molecule has 0 fully saturated rings. The van der Waals surface area contributed by atoms with Crippen LogP contribution in [-0.2, 0) is 18.4 Å². The Kier molecular flexibility index (Phi) is 32.9. The van der Waals surface area contributed by atoms with Gasteiger partial charge in [-0.1, -0.05) is 137 Å². The molecule has 0 bridgehead atoms. The number of amides is 1. The summed E-state index contributed by atoms with van der Waals surface area (Å²) in [5, 5.41) is 13.6. The van der Waals surface area contributed by atoms with E-state index in [4.69, 9.17) is 9.05 Å². The van der Waals surface area contributed by atoms with Crippen molar-refractivity contribution in [1.29, 1.82) is 0 Å². The molecule has 0 spiro atoms. The van der Waals surface area contributed by atoms with Crippen molar-refractivity contribution >= 4 is 13.7 Å². The van der Waals surface area contributed by atoms with E-state index in [-0.39, 0.29) is 19.1 Å². The van der Waals surface area contributed by atoms with Crippen LogP contribution in [0.25, 0.3) is 0 Å². The predicted octanol–water partition coefficient (Wildman–Crippen LogP) is 9.99. The Morgan fingerprint density at radius 2 is 1.17 bits per heavy atom. The number of unbranched alkanes of at least 4 members (excludes halogenated alkanes) is 7. The summed E-state index contributed by atoms with van der Waals surface area (Å²) in [6, 6.07) is -0.820. The van der Waals surface area contributed by atoms with Gasteiger partial charge >= 0.3 is 0 Å². The Bertz CT molecular complexity index is 1120. The zero-order chi connectivity index (χ0) is 38.6. The van der Waals surface area contributed by atoms with E-state index in [0.717, 1.165) is 103 Å². The van der Waals surface area contributed by atoms with Crippen molar-refractivity contribution in [2.75, 3.05) is 40.9 Å². The number of likely N-dealkylation sites (N-methyl/N-ethyl adjacent to an activating group) is 1. The Hall–Kier alpha value is -2.32. The topological polar surface area (TPSA) is 108 Å². The van der Waals surface area contributed by atoms with Crippen molar-refractivity contribution in [3.63, 3.8) is 0 Å². The van der Waals surface area contributed by atoms with Crippen LogP contribution in [0.5, 0.6) is 0 Å². The standard InChI is InChI=1S/C43H75N2O6P/c1-6-8-10-12-13-14-15-16-17-18-19-20-21-22-23-24-25-26-27-28-29-30-31-33-35-37-43(47)44-41(42(46)36-34-32-11-9-7-2)40-51-52(48,49)50-39-38-45(3,4)5/h8,10,13-14,16-17,19-20,22-23,25-26,28-29,41-42,46H,6-7,9,11-12,15,18,21,24,27,30-40H2,1-5H3,(H-,44,47,48,49)/b10-8-,14-13-,17-16-,20-19-,23-22-,26-25-,29-28-. The minimum atomic E-state index is -4.56. The van der Waals surface area contributed by atoms with Crippen LogP contribution in [0.15, 0.2) is 85.1 Å². The second-order valence-electron chi connectivity index (χ2n) is 14.3. The number of carbonyl (C=O) groups is 1. The van der Waals surface area contributed by atoms with Gasteiger partial charge in [-0.3, -0.25) is 9.36 Å². The molecule has 0 saturated heterocycles. The summed E-state index contributed by atoms with van der Waals surface area (Å²) in [4.78, 5) is 25.0. The van der Waals surface area contributed by atoms with Crippen molar-refractivity contribution in [2.24, 2.45) is 0 Å². The third-order valence-electron chi connectivity index (χ3n) is 8.15. The van der Waals surface area contributed by atoms with Crippen LogP contribution in [-0.4, -0.2) is 68.5 Å². The molecule has 0 radical (unpaired) electrons. The van der Waals surface area contributed by atoms with E-state index in [1.54, 1.807) is 0 Å². The second-order valence-corrected chi connectivity index (χ2v) is 15.7. The molecule has 2 N–H and O–H groups in total. The van der Waals surface area contributed by atoms with Gasteiger partial charge in [0.2, 0.25) is 5.91 Å². The van der Waals surface area contributed by atoms with Crippen LogP contribution in [0.3, 0.4) is 0 Å². The van der Waals surface area contributed by atoms with E-state index >= 15 is 0 Å². The fourth-order valence-electron chi connectivity index (χ4n) is 4.96. The number of aliphatic hydroxyl groups is 1. The maximum atomic E-state index is 12.7. The van der Waals surface area contributed by atoms with E-state index in [1.807, 2.05) is 21.1 Å². The van der Waals surface area contributed by atoms with Crippen molar-refractivity contribution in [3.8, 4) is 0 Å². The quantitative estimate of drug-likeness (QED) is 0.0294. The normalized spacial score (nSPS) is 15.4. The first-order valence-corrected chi connectivity index (χ1v) is 21.4. The molecule has 0 rings (SSSR count). The molecule has 0 saturated carbocycles. The van der Waals surface area contributed by atoms with Crippen molar-refractivity contribution in [1.82, 2.24) is 5.32 Å². The predicted molar refractivity (Wildman–Crippen MR) is 219 cm³/mol. The van der Waals surface area contributed by atoms with Crippen LogP contribution in [0, 0.1) is 0 Å². The molecule has 0 aromatic rings. The fourth-order valence-corrected chi connectivity index (χ4v) is 5.68. The molecule has 0 aromatic carbocycles. The average molecular weight is 747 g/mol. The van der Waals surface area contributed by atoms with E-state index < -0.39 is 20.0 Å². The molecule has 0 aromatic heterocycles. The largest absolute Gasteiger partial charge is 0.756 e. The van der Waals surface area contributed by atoms with Crippen LogP contribution >= 0.6 is 7.82 Å². The molecule has 0 aliphatic heterocycles. The van der Waals surface area contributed by atoms with Crippen LogP contribution < -0.4 is 10.2 Å². The third kappa shape index (κ3) is 36.1. The summed E-state index contributed by atoms with van der Waals surface area (Å²) in [6.07, 6.45) is 46.3. The van der Waals surface area contributed by atoms with Gasteiger partial charge in [-0.05, 0) is 70.6 Å². The van der Waals surface area contributed by atoms with E-state index in [9.17, 15) is 19.4 Å². The molecule has 0 heterocycles. The lowest BCUT2D eigenvalue weighted by Gasteiger charge is -2.30. The van der Waals surface area contributed by atoms with Gasteiger partial charge in [-0.25, -0.2) is 0 Å². The second kappa shape index (κ2) is 34.4. The van der Waals surface area contributed by atoms with E-state index in [0.29, 0.717) is 23.9 Å². The summed E-state index contributed by atoms with van der Waals surface area (Å²) in [6.45, 7) is 4.44. The number of phosphoric ester groups is 1. The first-order chi connectivity index (χ1) is 25.0. The number of allylic oxidation sites excluding steroid dienone is 14. The Balaban J connectivity index is 4.25. The number of carbonyl (C=O) groups excluding carboxylic acids is 1. The highest BCUT2D eigenvalue weighted by Crippen LogP contribution is 2.38. The van der Waals surface area contributed by atoms with Gasteiger partial charge in [0, 0.05) is 6.42 Å². The fraction of sp³-hybridized carbons (Fsp3) is 0.651. The lowest BCUT2D eigenvalue weighted by atomic mass is 10.0. The lowest BCUT2D eigenvalue weighted by molar-refractivity contribution is -0.870.